The second-order valence-corrected chi connectivity index (χ2v) is 5.22. The van der Waals surface area contributed by atoms with Crippen LogP contribution in [0.1, 0.15) is 5.56 Å². The van der Waals surface area contributed by atoms with E-state index in [2.05, 4.69) is 15.0 Å². The van der Waals surface area contributed by atoms with Crippen molar-refractivity contribution in [3.8, 4) is 0 Å². The maximum absolute atomic E-state index is 11.2. The highest BCUT2D eigenvalue weighted by Crippen LogP contribution is 2.24. The molecule has 5 nitrogen and oxygen atoms in total. The summed E-state index contributed by atoms with van der Waals surface area (Å²) >= 11 is 1.42. The molecule has 0 atom stereocenters. The Balaban J connectivity index is 1.87. The van der Waals surface area contributed by atoms with Gasteiger partial charge in [0.1, 0.15) is 5.82 Å². The molecule has 0 fully saturated rings. The van der Waals surface area contributed by atoms with Crippen LogP contribution in [0, 0.1) is 0 Å². The van der Waals surface area contributed by atoms with Crippen LogP contribution in [0.3, 0.4) is 0 Å². The summed E-state index contributed by atoms with van der Waals surface area (Å²) in [5, 5.41) is 1.62. The molecule has 2 heterocycles. The molecule has 0 aliphatic heterocycles. The summed E-state index contributed by atoms with van der Waals surface area (Å²) in [7, 11) is 0. The largest absolute Gasteiger partial charge is 0.383 e. The molecule has 0 radical (unpaired) electrons. The van der Waals surface area contributed by atoms with Crippen molar-refractivity contribution >= 4 is 28.5 Å². The fourth-order valence-electron chi connectivity index (χ4n) is 1.86. The number of nitrogens with two attached hydrogens (primary N) is 1. The van der Waals surface area contributed by atoms with Crippen molar-refractivity contribution in [1.82, 2.24) is 15.0 Å². The minimum atomic E-state index is -0.160. The summed E-state index contributed by atoms with van der Waals surface area (Å²) in [6.45, 7) is 0. The number of pyridine rings is 1. The first-order valence-corrected chi connectivity index (χ1v) is 7.03. The zero-order valence-electron chi connectivity index (χ0n) is 10.5. The van der Waals surface area contributed by atoms with Crippen molar-refractivity contribution in [2.24, 2.45) is 0 Å². The van der Waals surface area contributed by atoms with Gasteiger partial charge in [-0.1, -0.05) is 30.0 Å². The van der Waals surface area contributed by atoms with E-state index >= 15 is 0 Å². The Hall–Kier alpha value is -2.34. The van der Waals surface area contributed by atoms with Crippen LogP contribution in [0.15, 0.2) is 52.5 Å². The Morgan fingerprint density at radius 3 is 2.95 bits per heavy atom. The van der Waals surface area contributed by atoms with Crippen LogP contribution in [0.5, 0.6) is 0 Å². The van der Waals surface area contributed by atoms with Gasteiger partial charge in [-0.2, -0.15) is 0 Å². The highest BCUT2D eigenvalue weighted by atomic mass is 32.2. The molecule has 3 rings (SSSR count). The molecule has 0 bridgehead atoms. The number of nitrogens with one attached hydrogen (secondary N) is 1. The Kier molecular flexibility index (Phi) is 3.39. The standard InChI is InChI=1S/C14H12N4OS/c15-13-10(7-9-3-1-2-4-11(9)17-13)8-20-14-16-6-5-12(19)18-14/h1-7H,8H2,(H2,15,17)(H,16,18,19). The SMILES string of the molecule is Nc1nc2ccccc2cc1CSc1nccc(=O)[nH]1. The van der Waals surface area contributed by atoms with Crippen molar-refractivity contribution < 1.29 is 0 Å². The van der Waals surface area contributed by atoms with Crippen LogP contribution in [-0.2, 0) is 5.75 Å². The van der Waals surface area contributed by atoms with Crippen LogP contribution in [0.25, 0.3) is 10.9 Å². The maximum Gasteiger partial charge on any atom is 0.251 e. The minimum absolute atomic E-state index is 0.160. The second kappa shape index (κ2) is 5.34. The van der Waals surface area contributed by atoms with Gasteiger partial charge < -0.3 is 10.7 Å². The molecule has 0 aliphatic carbocycles. The van der Waals surface area contributed by atoms with Gasteiger partial charge >= 0.3 is 0 Å². The van der Waals surface area contributed by atoms with Gasteiger partial charge in [-0.3, -0.25) is 4.79 Å². The van der Waals surface area contributed by atoms with Gasteiger partial charge in [-0.05, 0) is 12.1 Å². The molecule has 0 saturated heterocycles. The Morgan fingerprint density at radius 1 is 1.25 bits per heavy atom. The second-order valence-electron chi connectivity index (χ2n) is 4.25. The number of fused-ring (bicyclic) bond motifs is 1. The lowest BCUT2D eigenvalue weighted by Crippen LogP contribution is -2.05. The summed E-state index contributed by atoms with van der Waals surface area (Å²) in [6, 6.07) is 11.2. The van der Waals surface area contributed by atoms with Crippen LogP contribution in [0.4, 0.5) is 5.82 Å². The molecular weight excluding hydrogens is 272 g/mol. The third-order valence-electron chi connectivity index (χ3n) is 2.85. The average Bonchev–Trinajstić information content (AvgIpc) is 2.45. The molecule has 100 valence electrons. The number of thioether (sulfide) groups is 1. The molecule has 6 heteroatoms. The van der Waals surface area contributed by atoms with E-state index in [4.69, 9.17) is 5.73 Å². The van der Waals surface area contributed by atoms with Crippen molar-refractivity contribution in [3.63, 3.8) is 0 Å². The molecule has 0 aliphatic rings. The quantitative estimate of drug-likeness (QED) is 0.569. The molecule has 3 N–H and O–H groups in total. The van der Waals surface area contributed by atoms with E-state index < -0.39 is 0 Å². The molecule has 3 aromatic rings. The Labute approximate surface area is 119 Å². The summed E-state index contributed by atoms with van der Waals surface area (Å²) in [6.07, 6.45) is 1.49. The molecule has 20 heavy (non-hydrogen) atoms. The van der Waals surface area contributed by atoms with E-state index in [9.17, 15) is 4.79 Å². The highest BCUT2D eigenvalue weighted by Gasteiger charge is 2.05. The third kappa shape index (κ3) is 2.65. The van der Waals surface area contributed by atoms with Gasteiger partial charge in [0, 0.05) is 29.0 Å². The summed E-state index contributed by atoms with van der Waals surface area (Å²) in [5.41, 5.74) is 7.61. The van der Waals surface area contributed by atoms with Gasteiger partial charge in [0.2, 0.25) is 0 Å². The summed E-state index contributed by atoms with van der Waals surface area (Å²) in [5.74, 6) is 1.12. The van der Waals surface area contributed by atoms with E-state index in [0.717, 1.165) is 16.5 Å². The van der Waals surface area contributed by atoms with Crippen molar-refractivity contribution in [2.75, 3.05) is 5.73 Å². The van der Waals surface area contributed by atoms with Crippen molar-refractivity contribution in [2.45, 2.75) is 10.9 Å². The minimum Gasteiger partial charge on any atom is -0.383 e. The van der Waals surface area contributed by atoms with E-state index in [1.165, 1.54) is 24.0 Å². The van der Waals surface area contributed by atoms with E-state index in [-0.39, 0.29) is 5.56 Å². The molecule has 0 unspecified atom stereocenters. The molecule has 0 saturated carbocycles. The first-order valence-electron chi connectivity index (χ1n) is 6.04. The van der Waals surface area contributed by atoms with E-state index in [0.29, 0.717) is 16.7 Å². The fraction of sp³-hybridized carbons (Fsp3) is 0.0714. The zero-order valence-corrected chi connectivity index (χ0v) is 11.4. The lowest BCUT2D eigenvalue weighted by molar-refractivity contribution is 0.936. The topological polar surface area (TPSA) is 84.7 Å². The van der Waals surface area contributed by atoms with Gasteiger partial charge in [0.15, 0.2) is 5.16 Å². The first kappa shape index (κ1) is 12.7. The van der Waals surface area contributed by atoms with E-state index in [1.54, 1.807) is 0 Å². The highest BCUT2D eigenvalue weighted by molar-refractivity contribution is 7.98. The lowest BCUT2D eigenvalue weighted by atomic mass is 10.1. The Morgan fingerprint density at radius 2 is 2.10 bits per heavy atom. The molecule has 1 aromatic carbocycles. The normalized spacial score (nSPS) is 10.8. The number of para-hydroxylation sites is 1. The number of aromatic nitrogens is 3. The van der Waals surface area contributed by atoms with Crippen LogP contribution < -0.4 is 11.3 Å². The number of anilines is 1. The summed E-state index contributed by atoms with van der Waals surface area (Å²) < 4.78 is 0. The molecule has 2 aromatic heterocycles. The molecule has 0 amide bonds. The van der Waals surface area contributed by atoms with Crippen molar-refractivity contribution in [3.05, 3.63) is 58.5 Å². The lowest BCUT2D eigenvalue weighted by Gasteiger charge is -2.06. The number of benzene rings is 1. The maximum atomic E-state index is 11.2. The monoisotopic (exact) mass is 284 g/mol. The number of hydrogen-bond donors (Lipinski definition) is 2. The molecular formula is C14H12N4OS. The number of nitrogen functional groups attached to an aromatic ring is 1. The van der Waals surface area contributed by atoms with Crippen molar-refractivity contribution in [1.29, 1.82) is 0 Å². The number of hydrogen-bond acceptors (Lipinski definition) is 5. The van der Waals surface area contributed by atoms with Gasteiger partial charge in [-0.25, -0.2) is 9.97 Å². The smallest absolute Gasteiger partial charge is 0.251 e. The molecule has 0 spiro atoms. The summed E-state index contributed by atoms with van der Waals surface area (Å²) in [4.78, 5) is 22.3. The number of aromatic amines is 1. The first-order chi connectivity index (χ1) is 9.72. The van der Waals surface area contributed by atoms with Gasteiger partial charge in [0.25, 0.3) is 5.56 Å². The van der Waals surface area contributed by atoms with Crippen LogP contribution in [-0.4, -0.2) is 15.0 Å². The number of nitrogens with zero attached hydrogens (tertiary/aromatic N) is 2. The van der Waals surface area contributed by atoms with Crippen LogP contribution >= 0.6 is 11.8 Å². The average molecular weight is 284 g/mol. The fourth-order valence-corrected chi connectivity index (χ4v) is 2.69. The number of rotatable bonds is 3. The number of H-pyrrole nitrogens is 1. The van der Waals surface area contributed by atoms with E-state index in [1.807, 2.05) is 30.3 Å². The zero-order chi connectivity index (χ0) is 13.9. The predicted molar refractivity (Wildman–Crippen MR) is 80.6 cm³/mol. The third-order valence-corrected chi connectivity index (χ3v) is 3.78. The van der Waals surface area contributed by atoms with Crippen LogP contribution in [0.2, 0.25) is 0 Å². The van der Waals surface area contributed by atoms with Gasteiger partial charge in [0.05, 0.1) is 5.52 Å². The van der Waals surface area contributed by atoms with Gasteiger partial charge in [-0.15, -0.1) is 0 Å². The Bertz CT molecular complexity index is 815. The predicted octanol–water partition coefficient (Wildman–Crippen LogP) is 2.19.